The Morgan fingerprint density at radius 1 is 0.880 bits per heavy atom. The van der Waals surface area contributed by atoms with Gasteiger partial charge in [-0.05, 0) is 51.8 Å². The van der Waals surface area contributed by atoms with Gasteiger partial charge in [-0.2, -0.15) is 0 Å². The van der Waals surface area contributed by atoms with E-state index in [0.29, 0.717) is 12.1 Å². The number of hydrogen-bond donors (Lipinski definition) is 2. The first-order valence-corrected chi connectivity index (χ1v) is 8.69. The largest absolute Gasteiger partial charge is 0.478 e. The third-order valence-electron chi connectivity index (χ3n) is 4.36. The van der Waals surface area contributed by atoms with Gasteiger partial charge in [0.1, 0.15) is 0 Å². The number of nitrogens with one attached hydrogen (secondary N) is 1. The third kappa shape index (κ3) is 5.09. The van der Waals surface area contributed by atoms with Gasteiger partial charge in [-0.15, -0.1) is 0 Å². The highest BCUT2D eigenvalue weighted by Gasteiger charge is 2.20. The molecule has 0 saturated heterocycles. The van der Waals surface area contributed by atoms with E-state index in [0.717, 1.165) is 11.3 Å². The Balaban J connectivity index is 2.24. The van der Waals surface area contributed by atoms with Crippen molar-refractivity contribution in [2.45, 2.75) is 58.9 Å². The third-order valence-corrected chi connectivity index (χ3v) is 4.36. The molecule has 2 aromatic rings. The molecule has 0 heterocycles. The van der Waals surface area contributed by atoms with E-state index in [4.69, 9.17) is 5.11 Å². The van der Waals surface area contributed by atoms with Crippen LogP contribution in [0.25, 0.3) is 0 Å². The molecule has 2 aromatic carbocycles. The Morgan fingerprint density at radius 3 is 1.76 bits per heavy atom. The zero-order valence-corrected chi connectivity index (χ0v) is 16.1. The average Bonchev–Trinajstić information content (AvgIpc) is 2.51. The number of aromatic carboxylic acids is 1. The summed E-state index contributed by atoms with van der Waals surface area (Å²) in [4.78, 5) is 10.9. The van der Waals surface area contributed by atoms with E-state index in [2.05, 4.69) is 65.1 Å². The minimum absolute atomic E-state index is 0.0842. The van der Waals surface area contributed by atoms with Gasteiger partial charge in [-0.25, -0.2) is 4.79 Å². The van der Waals surface area contributed by atoms with Crippen LogP contribution in [0, 0.1) is 0 Å². The van der Waals surface area contributed by atoms with Crippen LogP contribution >= 0.6 is 0 Å². The van der Waals surface area contributed by atoms with Gasteiger partial charge < -0.3 is 10.4 Å². The predicted molar refractivity (Wildman–Crippen MR) is 105 cm³/mol. The maximum atomic E-state index is 10.9. The van der Waals surface area contributed by atoms with Gasteiger partial charge in [-0.1, -0.05) is 59.7 Å². The molecule has 25 heavy (non-hydrogen) atoms. The summed E-state index contributed by atoms with van der Waals surface area (Å²) in [7, 11) is 0. The lowest BCUT2D eigenvalue weighted by atomic mass is 9.80. The first-order valence-electron chi connectivity index (χ1n) is 8.69. The first-order chi connectivity index (χ1) is 11.5. The number of anilines is 1. The smallest absolute Gasteiger partial charge is 0.335 e. The van der Waals surface area contributed by atoms with E-state index < -0.39 is 5.97 Å². The lowest BCUT2D eigenvalue weighted by Crippen LogP contribution is -2.17. The van der Waals surface area contributed by atoms with Gasteiger partial charge in [0.15, 0.2) is 0 Å². The summed E-state index contributed by atoms with van der Waals surface area (Å²) < 4.78 is 0. The molecule has 0 saturated carbocycles. The fourth-order valence-corrected chi connectivity index (χ4v) is 2.56. The van der Waals surface area contributed by atoms with Crippen LogP contribution in [0.15, 0.2) is 42.5 Å². The van der Waals surface area contributed by atoms with Crippen LogP contribution in [-0.4, -0.2) is 11.1 Å². The molecule has 134 valence electrons. The zero-order valence-electron chi connectivity index (χ0n) is 16.1. The van der Waals surface area contributed by atoms with Gasteiger partial charge in [0.25, 0.3) is 0 Å². The Morgan fingerprint density at radius 2 is 1.36 bits per heavy atom. The lowest BCUT2D eigenvalue weighted by molar-refractivity contribution is 0.0697. The van der Waals surface area contributed by atoms with Gasteiger partial charge in [-0.3, -0.25) is 0 Å². The Bertz CT molecular complexity index is 715. The van der Waals surface area contributed by atoms with Crippen molar-refractivity contribution < 1.29 is 9.90 Å². The minimum Gasteiger partial charge on any atom is -0.478 e. The summed E-state index contributed by atoms with van der Waals surface area (Å²) >= 11 is 0. The highest BCUT2D eigenvalue weighted by molar-refractivity contribution is 5.87. The van der Waals surface area contributed by atoms with Crippen molar-refractivity contribution in [2.24, 2.45) is 0 Å². The molecular weight excluding hydrogens is 310 g/mol. The van der Waals surface area contributed by atoms with E-state index >= 15 is 0 Å². The lowest BCUT2D eigenvalue weighted by Gasteiger charge is -2.26. The summed E-state index contributed by atoms with van der Waals surface area (Å²) in [6.45, 7) is 14.0. The zero-order chi connectivity index (χ0) is 18.8. The maximum Gasteiger partial charge on any atom is 0.335 e. The molecule has 0 aliphatic rings. The SMILES string of the molecule is CC(C)(C)c1cc(NCc2ccc(C(=O)O)cc2)cc(C(C)(C)C)c1. The van der Waals surface area contributed by atoms with Crippen LogP contribution in [0.4, 0.5) is 5.69 Å². The van der Waals surface area contributed by atoms with Crippen molar-refractivity contribution in [3.8, 4) is 0 Å². The standard InChI is InChI=1S/C22H29NO2/c1-21(2,3)17-11-18(22(4,5)6)13-19(12-17)23-14-15-7-9-16(10-8-15)20(24)25/h7-13,23H,14H2,1-6H3,(H,24,25). The van der Waals surface area contributed by atoms with Gasteiger partial charge >= 0.3 is 5.97 Å². The van der Waals surface area contributed by atoms with E-state index in [1.54, 1.807) is 12.1 Å². The molecule has 0 fully saturated rings. The predicted octanol–water partition coefficient (Wildman–Crippen LogP) is 5.59. The molecule has 0 bridgehead atoms. The number of carbonyl (C=O) groups is 1. The number of carboxylic acids is 1. The highest BCUT2D eigenvalue weighted by atomic mass is 16.4. The Kier molecular flexibility index (Phi) is 5.26. The Labute approximate surface area is 151 Å². The second-order valence-corrected chi connectivity index (χ2v) is 8.65. The molecule has 3 nitrogen and oxygen atoms in total. The molecular formula is C22H29NO2. The molecule has 0 aliphatic heterocycles. The minimum atomic E-state index is -0.896. The van der Waals surface area contributed by atoms with E-state index in [1.165, 1.54) is 11.1 Å². The molecule has 0 atom stereocenters. The molecule has 0 unspecified atom stereocenters. The van der Waals surface area contributed by atoms with E-state index in [-0.39, 0.29) is 10.8 Å². The second kappa shape index (κ2) is 6.91. The summed E-state index contributed by atoms with van der Waals surface area (Å²) in [5.41, 5.74) is 5.26. The van der Waals surface area contributed by atoms with Crippen molar-refractivity contribution >= 4 is 11.7 Å². The first kappa shape index (κ1) is 19.0. The molecule has 2 rings (SSSR count). The fourth-order valence-electron chi connectivity index (χ4n) is 2.56. The van der Waals surface area contributed by atoms with Crippen molar-refractivity contribution in [3.05, 3.63) is 64.7 Å². The molecule has 0 amide bonds. The normalized spacial score (nSPS) is 12.1. The monoisotopic (exact) mass is 339 g/mol. The van der Waals surface area contributed by atoms with Crippen LogP contribution in [-0.2, 0) is 17.4 Å². The fraction of sp³-hybridized carbons (Fsp3) is 0.409. The van der Waals surface area contributed by atoms with Gasteiger partial charge in [0, 0.05) is 12.2 Å². The van der Waals surface area contributed by atoms with E-state index in [1.807, 2.05) is 12.1 Å². The summed E-state index contributed by atoms with van der Waals surface area (Å²) in [6, 6.07) is 13.7. The number of hydrogen-bond acceptors (Lipinski definition) is 2. The maximum absolute atomic E-state index is 10.9. The van der Waals surface area contributed by atoms with Gasteiger partial charge in [0.05, 0.1) is 5.56 Å². The van der Waals surface area contributed by atoms with Crippen molar-refractivity contribution in [3.63, 3.8) is 0 Å². The van der Waals surface area contributed by atoms with Crippen LogP contribution in [0.5, 0.6) is 0 Å². The molecule has 0 aliphatic carbocycles. The molecule has 2 N–H and O–H groups in total. The van der Waals surface area contributed by atoms with Crippen LogP contribution in [0.1, 0.15) is 68.6 Å². The summed E-state index contributed by atoms with van der Waals surface area (Å²) in [5, 5.41) is 12.5. The number of benzene rings is 2. The van der Waals surface area contributed by atoms with Crippen LogP contribution in [0.2, 0.25) is 0 Å². The highest BCUT2D eigenvalue weighted by Crippen LogP contribution is 2.32. The van der Waals surface area contributed by atoms with Gasteiger partial charge in [0.2, 0.25) is 0 Å². The molecule has 0 spiro atoms. The van der Waals surface area contributed by atoms with E-state index in [9.17, 15) is 4.79 Å². The summed E-state index contributed by atoms with van der Waals surface area (Å²) in [5.74, 6) is -0.896. The Hall–Kier alpha value is -2.29. The summed E-state index contributed by atoms with van der Waals surface area (Å²) in [6.07, 6.45) is 0. The molecule has 3 heteroatoms. The molecule has 0 aromatic heterocycles. The number of rotatable bonds is 4. The second-order valence-electron chi connectivity index (χ2n) is 8.65. The van der Waals surface area contributed by atoms with Crippen LogP contribution in [0.3, 0.4) is 0 Å². The average molecular weight is 339 g/mol. The van der Waals surface area contributed by atoms with Crippen molar-refractivity contribution in [1.29, 1.82) is 0 Å². The molecule has 0 radical (unpaired) electrons. The van der Waals surface area contributed by atoms with Crippen LogP contribution < -0.4 is 5.32 Å². The quantitative estimate of drug-likeness (QED) is 0.763. The number of carboxylic acid groups (broad SMARTS) is 1. The van der Waals surface area contributed by atoms with Crippen molar-refractivity contribution in [1.82, 2.24) is 0 Å². The topological polar surface area (TPSA) is 49.3 Å². The van der Waals surface area contributed by atoms with Crippen molar-refractivity contribution in [2.75, 3.05) is 5.32 Å².